The van der Waals surface area contributed by atoms with Crippen molar-refractivity contribution in [2.24, 2.45) is 0 Å². The van der Waals surface area contributed by atoms with Gasteiger partial charge in [-0.3, -0.25) is 4.72 Å². The van der Waals surface area contributed by atoms with E-state index in [1.165, 1.54) is 57.8 Å². The minimum Gasteiger partial charge on any atom is -0.495 e. The molecule has 0 aliphatic heterocycles. The summed E-state index contributed by atoms with van der Waals surface area (Å²) in [6.07, 6.45) is 7.46. The van der Waals surface area contributed by atoms with Crippen molar-refractivity contribution in [1.82, 2.24) is 4.98 Å². The molecule has 2 aromatic carbocycles. The first kappa shape index (κ1) is 24.0. The van der Waals surface area contributed by atoms with Crippen molar-refractivity contribution < 1.29 is 13.3 Å². The van der Waals surface area contributed by atoms with Gasteiger partial charge in [-0.05, 0) is 61.7 Å². The maximum absolute atomic E-state index is 14.2. The molecule has 0 saturated heterocycles. The van der Waals surface area contributed by atoms with E-state index in [1.807, 2.05) is 19.1 Å². The van der Waals surface area contributed by atoms with Crippen LogP contribution < -0.4 is 14.8 Å². The average Bonchev–Trinajstić information content (AvgIpc) is 2.98. The van der Waals surface area contributed by atoms with Crippen LogP contribution in [0, 0.1) is 12.7 Å². The fraction of sp³-hybridized carbons (Fsp3) is 0.375. The molecule has 1 heterocycles. The van der Waals surface area contributed by atoms with Gasteiger partial charge in [0.05, 0.1) is 23.4 Å². The third-order valence-electron chi connectivity index (χ3n) is 5.74. The van der Waals surface area contributed by atoms with Crippen molar-refractivity contribution >= 4 is 44.7 Å². The van der Waals surface area contributed by atoms with Gasteiger partial charge in [-0.2, -0.15) is 0 Å². The fourth-order valence-electron chi connectivity index (χ4n) is 4.01. The second-order valence-corrected chi connectivity index (χ2v) is 10.7. The molecule has 4 rings (SSSR count). The molecule has 2 N–H and O–H groups in total. The van der Waals surface area contributed by atoms with E-state index >= 15 is 0 Å². The van der Waals surface area contributed by atoms with E-state index in [4.69, 9.17) is 21.3 Å². The quantitative estimate of drug-likeness (QED) is 0.332. The summed E-state index contributed by atoms with van der Waals surface area (Å²) in [4.78, 5) is 6.17. The highest BCUT2D eigenvalue weighted by molar-refractivity contribution is 7.86. The van der Waals surface area contributed by atoms with Crippen molar-refractivity contribution in [3.63, 3.8) is 0 Å². The Balaban J connectivity index is 1.58. The monoisotopic (exact) mass is 507 g/mol. The second-order valence-electron chi connectivity index (χ2n) is 8.13. The first-order valence-corrected chi connectivity index (χ1v) is 13.3. The van der Waals surface area contributed by atoms with Crippen LogP contribution in [0.3, 0.4) is 0 Å². The van der Waals surface area contributed by atoms with Gasteiger partial charge in [0.2, 0.25) is 0 Å². The minimum atomic E-state index is -1.74. The summed E-state index contributed by atoms with van der Waals surface area (Å²) in [5.74, 6) is -0.114. The lowest BCUT2D eigenvalue weighted by Crippen LogP contribution is -2.17. The van der Waals surface area contributed by atoms with Gasteiger partial charge >= 0.3 is 0 Å². The van der Waals surface area contributed by atoms with E-state index in [0.717, 1.165) is 21.3 Å². The third kappa shape index (κ3) is 5.86. The molecule has 176 valence electrons. The van der Waals surface area contributed by atoms with E-state index in [-0.39, 0.29) is 10.7 Å². The number of halogens is 2. The van der Waals surface area contributed by atoms with Gasteiger partial charge in [0, 0.05) is 11.1 Å². The standard InChI is InChI=1S/C24H27ClFN3O2S2/c1-15-23(32-24(27-15)28-18-7-5-3-4-6-8-18)16-9-12-21(31-2)22(13-16)33(30)29-20-11-10-17(25)14-19(20)26/h9-14,18,29H,3-8H2,1-2H3,(H,27,28). The summed E-state index contributed by atoms with van der Waals surface area (Å²) in [5, 5.41) is 4.80. The van der Waals surface area contributed by atoms with Crippen LogP contribution in [-0.4, -0.2) is 22.3 Å². The molecule has 3 aromatic rings. The van der Waals surface area contributed by atoms with Crippen molar-refractivity contribution in [2.75, 3.05) is 17.1 Å². The van der Waals surface area contributed by atoms with Crippen LogP contribution in [0.25, 0.3) is 10.4 Å². The Hall–Kier alpha value is -2.16. The van der Waals surface area contributed by atoms with E-state index in [9.17, 15) is 8.60 Å². The Morgan fingerprint density at radius 3 is 2.61 bits per heavy atom. The molecule has 1 aliphatic carbocycles. The van der Waals surface area contributed by atoms with Gasteiger partial charge in [-0.15, -0.1) is 0 Å². The summed E-state index contributed by atoms with van der Waals surface area (Å²) < 4.78 is 35.4. The lowest BCUT2D eigenvalue weighted by atomic mass is 10.1. The zero-order valence-electron chi connectivity index (χ0n) is 18.6. The molecular weight excluding hydrogens is 481 g/mol. The molecule has 1 atom stereocenters. The Kier molecular flexibility index (Phi) is 7.88. The summed E-state index contributed by atoms with van der Waals surface area (Å²) in [5.41, 5.74) is 1.91. The van der Waals surface area contributed by atoms with Gasteiger partial charge < -0.3 is 10.1 Å². The number of hydrogen-bond donors (Lipinski definition) is 2. The highest BCUT2D eigenvalue weighted by Gasteiger charge is 2.19. The molecule has 0 spiro atoms. The summed E-state index contributed by atoms with van der Waals surface area (Å²) >= 11 is 7.42. The van der Waals surface area contributed by atoms with Gasteiger partial charge in [0.25, 0.3) is 0 Å². The van der Waals surface area contributed by atoms with Crippen LogP contribution in [0.15, 0.2) is 41.3 Å². The molecule has 1 fully saturated rings. The zero-order chi connectivity index (χ0) is 23.4. The normalized spacial score (nSPS) is 15.6. The van der Waals surface area contributed by atoms with E-state index in [2.05, 4.69) is 10.0 Å². The Morgan fingerprint density at radius 2 is 1.91 bits per heavy atom. The van der Waals surface area contributed by atoms with Gasteiger partial charge in [0.1, 0.15) is 16.5 Å². The zero-order valence-corrected chi connectivity index (χ0v) is 21.0. The Labute approximate surface area is 205 Å². The van der Waals surface area contributed by atoms with Crippen LogP contribution in [0.1, 0.15) is 44.2 Å². The number of methoxy groups -OCH3 is 1. The van der Waals surface area contributed by atoms with Crippen molar-refractivity contribution in [3.8, 4) is 16.2 Å². The lowest BCUT2D eigenvalue weighted by Gasteiger charge is -2.14. The number of ether oxygens (including phenoxy) is 1. The fourth-order valence-corrected chi connectivity index (χ4v) is 6.26. The van der Waals surface area contributed by atoms with E-state index in [0.29, 0.717) is 16.7 Å². The van der Waals surface area contributed by atoms with Gasteiger partial charge in [0.15, 0.2) is 16.1 Å². The van der Waals surface area contributed by atoms with Crippen molar-refractivity contribution in [2.45, 2.75) is 56.4 Å². The molecule has 0 amide bonds. The number of thiazole rings is 1. The van der Waals surface area contributed by atoms with Crippen LogP contribution in [-0.2, 0) is 11.0 Å². The molecule has 1 aromatic heterocycles. The Morgan fingerprint density at radius 1 is 1.15 bits per heavy atom. The number of benzene rings is 2. The number of aryl methyl sites for hydroxylation is 1. The van der Waals surface area contributed by atoms with Crippen LogP contribution in [0.2, 0.25) is 5.02 Å². The second kappa shape index (κ2) is 10.8. The molecule has 0 radical (unpaired) electrons. The molecule has 5 nitrogen and oxygen atoms in total. The Bertz CT molecular complexity index is 1150. The van der Waals surface area contributed by atoms with Crippen molar-refractivity contribution in [1.29, 1.82) is 0 Å². The maximum atomic E-state index is 14.2. The predicted molar refractivity (Wildman–Crippen MR) is 135 cm³/mol. The molecule has 1 saturated carbocycles. The average molecular weight is 508 g/mol. The number of rotatable bonds is 7. The SMILES string of the molecule is COc1ccc(-c2sc(NC3CCCCCC3)nc2C)cc1S(=O)Nc1ccc(Cl)cc1F. The topological polar surface area (TPSA) is 63.2 Å². The van der Waals surface area contributed by atoms with Crippen LogP contribution in [0.5, 0.6) is 5.75 Å². The number of anilines is 2. The molecule has 9 heteroatoms. The number of nitrogens with zero attached hydrogens (tertiary/aromatic N) is 1. The molecule has 0 bridgehead atoms. The number of nitrogens with one attached hydrogen (secondary N) is 2. The molecule has 1 unspecified atom stereocenters. The number of hydrogen-bond acceptors (Lipinski definition) is 5. The summed E-state index contributed by atoms with van der Waals surface area (Å²) in [7, 11) is -0.224. The van der Waals surface area contributed by atoms with Gasteiger partial charge in [-0.1, -0.05) is 48.6 Å². The van der Waals surface area contributed by atoms with Crippen LogP contribution >= 0.6 is 22.9 Å². The maximum Gasteiger partial charge on any atom is 0.183 e. The smallest absolute Gasteiger partial charge is 0.183 e. The van der Waals surface area contributed by atoms with E-state index < -0.39 is 16.8 Å². The number of aromatic nitrogens is 1. The molecular formula is C24H27ClFN3O2S2. The summed E-state index contributed by atoms with van der Waals surface area (Å²) in [6, 6.07) is 10.2. The third-order valence-corrected chi connectivity index (χ3v) is 8.24. The first-order chi connectivity index (χ1) is 15.9. The van der Waals surface area contributed by atoms with Gasteiger partial charge in [-0.25, -0.2) is 13.6 Å². The highest BCUT2D eigenvalue weighted by atomic mass is 35.5. The lowest BCUT2D eigenvalue weighted by molar-refractivity contribution is 0.404. The van der Waals surface area contributed by atoms with E-state index in [1.54, 1.807) is 23.5 Å². The first-order valence-electron chi connectivity index (χ1n) is 11.0. The van der Waals surface area contributed by atoms with Crippen LogP contribution in [0.4, 0.5) is 15.2 Å². The minimum absolute atomic E-state index is 0.106. The predicted octanol–water partition coefficient (Wildman–Crippen LogP) is 7.19. The molecule has 33 heavy (non-hydrogen) atoms. The summed E-state index contributed by atoms with van der Waals surface area (Å²) in [6.45, 7) is 1.98. The highest BCUT2D eigenvalue weighted by Crippen LogP contribution is 2.37. The van der Waals surface area contributed by atoms with Crippen molar-refractivity contribution in [3.05, 3.63) is 52.9 Å². The largest absolute Gasteiger partial charge is 0.495 e. The molecule has 1 aliphatic rings.